The minimum Gasteiger partial charge on any atom is -0.368 e. The number of hydrogen-bond acceptors (Lipinski definition) is 3. The maximum atomic E-state index is 10.8. The molecule has 4 heteroatoms. The Balaban J connectivity index is 1.96. The average molecular weight is 219 g/mol. The number of fused-ring (bicyclic) bond motifs is 1. The fourth-order valence-corrected chi connectivity index (χ4v) is 2.14. The van der Waals surface area contributed by atoms with Gasteiger partial charge in [0.15, 0.2) is 0 Å². The Kier molecular flexibility index (Phi) is 3.22. The number of nitrogens with two attached hydrogens (primary N) is 2. The van der Waals surface area contributed by atoms with Crippen LogP contribution in [-0.2, 0) is 11.2 Å². The molecule has 0 radical (unpaired) electrons. The van der Waals surface area contributed by atoms with Gasteiger partial charge >= 0.3 is 0 Å². The number of carbonyl (C=O) groups excluding carboxylic acids is 1. The predicted octanol–water partition coefficient (Wildman–Crippen LogP) is 0.0761. The van der Waals surface area contributed by atoms with Gasteiger partial charge in [-0.2, -0.15) is 0 Å². The smallest absolute Gasteiger partial charge is 0.235 e. The first-order valence-electron chi connectivity index (χ1n) is 5.54. The highest BCUT2D eigenvalue weighted by Crippen LogP contribution is 2.30. The summed E-state index contributed by atoms with van der Waals surface area (Å²) in [5, 5.41) is 3.29. The van der Waals surface area contributed by atoms with Gasteiger partial charge < -0.3 is 16.8 Å². The van der Waals surface area contributed by atoms with Gasteiger partial charge in [0.25, 0.3) is 0 Å². The van der Waals surface area contributed by atoms with Crippen molar-refractivity contribution < 1.29 is 4.79 Å². The molecule has 0 saturated heterocycles. The minimum absolute atomic E-state index is 0.307. The van der Waals surface area contributed by atoms with E-state index in [9.17, 15) is 4.79 Å². The maximum Gasteiger partial charge on any atom is 0.235 e. The molecule has 0 aliphatic heterocycles. The van der Waals surface area contributed by atoms with Crippen molar-refractivity contribution in [2.75, 3.05) is 6.54 Å². The molecule has 1 aliphatic carbocycles. The number of amides is 1. The molecule has 0 heterocycles. The molecule has 0 spiro atoms. The summed E-state index contributed by atoms with van der Waals surface area (Å²) < 4.78 is 0. The third kappa shape index (κ3) is 2.23. The van der Waals surface area contributed by atoms with Crippen LogP contribution in [0.2, 0.25) is 0 Å². The third-order valence-corrected chi connectivity index (χ3v) is 3.08. The van der Waals surface area contributed by atoms with Crippen LogP contribution in [-0.4, -0.2) is 18.5 Å². The molecule has 1 aromatic rings. The lowest BCUT2D eigenvalue weighted by Gasteiger charge is -2.16. The van der Waals surface area contributed by atoms with Gasteiger partial charge in [-0.15, -0.1) is 0 Å². The highest BCUT2D eigenvalue weighted by atomic mass is 16.1. The van der Waals surface area contributed by atoms with Crippen molar-refractivity contribution in [3.63, 3.8) is 0 Å². The largest absolute Gasteiger partial charge is 0.368 e. The van der Waals surface area contributed by atoms with Gasteiger partial charge in [-0.25, -0.2) is 0 Å². The number of primary amides is 1. The van der Waals surface area contributed by atoms with Crippen molar-refractivity contribution in [3.05, 3.63) is 35.4 Å². The molecule has 16 heavy (non-hydrogen) atoms. The van der Waals surface area contributed by atoms with E-state index < -0.39 is 11.9 Å². The maximum absolute atomic E-state index is 10.8. The Hall–Kier alpha value is -1.39. The van der Waals surface area contributed by atoms with Crippen molar-refractivity contribution in [2.45, 2.75) is 24.9 Å². The third-order valence-electron chi connectivity index (χ3n) is 3.08. The summed E-state index contributed by atoms with van der Waals surface area (Å²) in [6.45, 7) is 0.439. The summed E-state index contributed by atoms with van der Waals surface area (Å²) in [7, 11) is 0. The Bertz CT molecular complexity index is 392. The zero-order chi connectivity index (χ0) is 11.5. The van der Waals surface area contributed by atoms with Crippen molar-refractivity contribution in [2.24, 2.45) is 11.5 Å². The summed E-state index contributed by atoms with van der Waals surface area (Å²) in [5.74, 6) is -0.459. The summed E-state index contributed by atoms with van der Waals surface area (Å²) in [4.78, 5) is 10.8. The lowest BCUT2D eigenvalue weighted by molar-refractivity contribution is -0.119. The number of nitrogens with one attached hydrogen (secondary N) is 1. The summed E-state index contributed by atoms with van der Waals surface area (Å²) in [6, 6.07) is 8.05. The first-order chi connectivity index (χ1) is 7.68. The SMILES string of the molecule is NC(=O)C(N)CNC1CCc2ccccc21. The van der Waals surface area contributed by atoms with Crippen molar-refractivity contribution in [1.82, 2.24) is 5.32 Å². The van der Waals surface area contributed by atoms with Gasteiger partial charge in [0, 0.05) is 12.6 Å². The molecule has 2 unspecified atom stereocenters. The average Bonchev–Trinajstić information content (AvgIpc) is 2.69. The van der Waals surface area contributed by atoms with Crippen molar-refractivity contribution >= 4 is 5.91 Å². The van der Waals surface area contributed by atoms with E-state index in [0.717, 1.165) is 12.8 Å². The van der Waals surface area contributed by atoms with E-state index >= 15 is 0 Å². The van der Waals surface area contributed by atoms with Crippen LogP contribution in [0.3, 0.4) is 0 Å². The lowest BCUT2D eigenvalue weighted by atomic mass is 10.1. The highest BCUT2D eigenvalue weighted by Gasteiger charge is 2.22. The minimum atomic E-state index is -0.604. The summed E-state index contributed by atoms with van der Waals surface area (Å²) >= 11 is 0. The van der Waals surface area contributed by atoms with Crippen molar-refractivity contribution in [3.8, 4) is 0 Å². The second kappa shape index (κ2) is 4.63. The lowest BCUT2D eigenvalue weighted by Crippen LogP contribution is -2.44. The Morgan fingerprint density at radius 3 is 3.00 bits per heavy atom. The summed E-state index contributed by atoms with van der Waals surface area (Å²) in [6.07, 6.45) is 2.14. The van der Waals surface area contributed by atoms with Gasteiger partial charge in [0.2, 0.25) is 5.91 Å². The molecule has 0 aromatic heterocycles. The zero-order valence-electron chi connectivity index (χ0n) is 9.15. The second-order valence-electron chi connectivity index (χ2n) is 4.21. The van der Waals surface area contributed by atoms with E-state index in [-0.39, 0.29) is 0 Å². The molecule has 86 valence electrons. The topological polar surface area (TPSA) is 81.1 Å². The number of rotatable bonds is 4. The number of benzene rings is 1. The fraction of sp³-hybridized carbons (Fsp3) is 0.417. The van der Waals surface area contributed by atoms with E-state index in [4.69, 9.17) is 11.5 Å². The van der Waals surface area contributed by atoms with Crippen LogP contribution < -0.4 is 16.8 Å². The van der Waals surface area contributed by atoms with Crippen LogP contribution in [0.15, 0.2) is 24.3 Å². The van der Waals surface area contributed by atoms with Crippen molar-refractivity contribution in [1.29, 1.82) is 0 Å². The molecular formula is C12H17N3O. The molecule has 0 fully saturated rings. The standard InChI is InChI=1S/C12H17N3O/c13-10(12(14)16)7-15-11-6-5-8-3-1-2-4-9(8)11/h1-4,10-11,15H,5-7,13H2,(H2,14,16). The quantitative estimate of drug-likeness (QED) is 0.670. The van der Waals surface area contributed by atoms with E-state index in [2.05, 4.69) is 23.5 Å². The predicted molar refractivity (Wildman–Crippen MR) is 62.7 cm³/mol. The number of aryl methyl sites for hydroxylation is 1. The molecule has 1 amide bonds. The van der Waals surface area contributed by atoms with Crippen LogP contribution in [0, 0.1) is 0 Å². The van der Waals surface area contributed by atoms with E-state index in [1.807, 2.05) is 6.07 Å². The van der Waals surface area contributed by atoms with Crippen LogP contribution in [0.4, 0.5) is 0 Å². The van der Waals surface area contributed by atoms with Crippen LogP contribution in [0.25, 0.3) is 0 Å². The first kappa shape index (κ1) is 11.1. The molecule has 0 saturated carbocycles. The van der Waals surface area contributed by atoms with Gasteiger partial charge in [-0.05, 0) is 24.0 Å². The van der Waals surface area contributed by atoms with Gasteiger partial charge in [-0.1, -0.05) is 24.3 Å². The van der Waals surface area contributed by atoms with Gasteiger partial charge in [-0.3, -0.25) is 4.79 Å². The molecule has 1 aliphatic rings. The molecule has 1 aromatic carbocycles. The summed E-state index contributed by atoms with van der Waals surface area (Å²) in [5.41, 5.74) is 13.4. The molecule has 2 atom stereocenters. The molecule has 5 N–H and O–H groups in total. The van der Waals surface area contributed by atoms with E-state index in [0.29, 0.717) is 12.6 Å². The molecule has 2 rings (SSSR count). The second-order valence-corrected chi connectivity index (χ2v) is 4.21. The van der Waals surface area contributed by atoms with Crippen LogP contribution in [0.1, 0.15) is 23.6 Å². The Morgan fingerprint density at radius 2 is 2.25 bits per heavy atom. The molecule has 4 nitrogen and oxygen atoms in total. The van der Waals surface area contributed by atoms with Crippen LogP contribution >= 0.6 is 0 Å². The van der Waals surface area contributed by atoms with Gasteiger partial charge in [0.1, 0.15) is 0 Å². The van der Waals surface area contributed by atoms with E-state index in [1.54, 1.807) is 0 Å². The number of carbonyl (C=O) groups is 1. The monoisotopic (exact) mass is 219 g/mol. The number of hydrogen-bond donors (Lipinski definition) is 3. The molecule has 0 bridgehead atoms. The molecular weight excluding hydrogens is 202 g/mol. The normalized spacial score (nSPS) is 20.4. The highest BCUT2D eigenvalue weighted by molar-refractivity contribution is 5.79. The van der Waals surface area contributed by atoms with Gasteiger partial charge in [0.05, 0.1) is 6.04 Å². The first-order valence-corrected chi connectivity index (χ1v) is 5.54. The van der Waals surface area contributed by atoms with Crippen LogP contribution in [0.5, 0.6) is 0 Å². The fourth-order valence-electron chi connectivity index (χ4n) is 2.14. The van der Waals surface area contributed by atoms with E-state index in [1.165, 1.54) is 11.1 Å². The Labute approximate surface area is 95.0 Å². The zero-order valence-corrected chi connectivity index (χ0v) is 9.15. The Morgan fingerprint density at radius 1 is 1.50 bits per heavy atom.